The number of rotatable bonds is 4. The molecule has 6 heteroatoms. The van der Waals surface area contributed by atoms with Gasteiger partial charge in [-0.1, -0.05) is 121 Å². The molecule has 0 N–H and O–H groups in total. The average molecular weight is 654 g/mol. The summed E-state index contributed by atoms with van der Waals surface area (Å²) in [4.78, 5) is 15.4. The largest absolute Gasteiger partial charge is 0.455 e. The lowest BCUT2D eigenvalue weighted by atomic mass is 10.1. The second-order valence-corrected chi connectivity index (χ2v) is 12.8. The third-order valence-corrected chi connectivity index (χ3v) is 10.00. The van der Waals surface area contributed by atoms with Crippen LogP contribution < -0.4 is 0 Å². The standard InChI is InChI=1S/C45H27N5O/c1-2-14-28(15-3-1)43-46-44(48-45(47-43)50-37-24-10-6-18-31(37)32-19-7-11-25-38(32)50)34-21-12-20-33-41-39(26-13-27-40(41)51-42(33)34)49-35-22-8-4-16-29(35)30-17-5-9-23-36(30)49/h1-27H. The van der Waals surface area contributed by atoms with Crippen LogP contribution in [0.3, 0.4) is 0 Å². The normalized spacial score (nSPS) is 11.9. The first-order chi connectivity index (χ1) is 25.3. The van der Waals surface area contributed by atoms with E-state index in [1.54, 1.807) is 0 Å². The molecule has 11 aromatic rings. The van der Waals surface area contributed by atoms with Crippen LogP contribution in [0.5, 0.6) is 0 Å². The highest BCUT2D eigenvalue weighted by atomic mass is 16.3. The Bertz CT molecular complexity index is 3040. The van der Waals surface area contributed by atoms with Gasteiger partial charge < -0.3 is 8.98 Å². The van der Waals surface area contributed by atoms with Crippen LogP contribution in [0.25, 0.3) is 100.0 Å². The minimum atomic E-state index is 0.545. The van der Waals surface area contributed by atoms with E-state index in [4.69, 9.17) is 19.4 Å². The van der Waals surface area contributed by atoms with E-state index in [-0.39, 0.29) is 0 Å². The van der Waals surface area contributed by atoms with Gasteiger partial charge in [0.25, 0.3) is 0 Å². The van der Waals surface area contributed by atoms with Gasteiger partial charge in [0.15, 0.2) is 11.6 Å². The molecule has 0 aliphatic heterocycles. The van der Waals surface area contributed by atoms with E-state index in [0.717, 1.165) is 71.6 Å². The topological polar surface area (TPSA) is 61.7 Å². The first kappa shape index (κ1) is 27.9. The predicted molar refractivity (Wildman–Crippen MR) is 207 cm³/mol. The Labute approximate surface area is 291 Å². The van der Waals surface area contributed by atoms with Gasteiger partial charge in [-0.25, -0.2) is 4.98 Å². The van der Waals surface area contributed by atoms with Crippen LogP contribution in [0.4, 0.5) is 0 Å². The fourth-order valence-electron chi connectivity index (χ4n) is 7.81. The van der Waals surface area contributed by atoms with E-state index >= 15 is 0 Å². The molecule has 7 aromatic carbocycles. The van der Waals surface area contributed by atoms with Crippen molar-refractivity contribution in [3.63, 3.8) is 0 Å². The lowest BCUT2D eigenvalue weighted by molar-refractivity contribution is 0.669. The highest BCUT2D eigenvalue weighted by Crippen LogP contribution is 2.41. The summed E-state index contributed by atoms with van der Waals surface area (Å²) in [7, 11) is 0. The van der Waals surface area contributed by atoms with Gasteiger partial charge in [-0.2, -0.15) is 9.97 Å². The number of benzene rings is 7. The van der Waals surface area contributed by atoms with Crippen LogP contribution in [-0.4, -0.2) is 24.1 Å². The van der Waals surface area contributed by atoms with Gasteiger partial charge >= 0.3 is 0 Å². The molecule has 11 rings (SSSR count). The van der Waals surface area contributed by atoms with E-state index in [1.165, 1.54) is 10.8 Å². The monoisotopic (exact) mass is 653 g/mol. The number of para-hydroxylation sites is 5. The molecule has 6 nitrogen and oxygen atoms in total. The molecule has 238 valence electrons. The smallest absolute Gasteiger partial charge is 0.238 e. The van der Waals surface area contributed by atoms with E-state index in [1.807, 2.05) is 42.5 Å². The highest BCUT2D eigenvalue weighted by molar-refractivity contribution is 6.16. The zero-order chi connectivity index (χ0) is 33.5. The summed E-state index contributed by atoms with van der Waals surface area (Å²) in [6.45, 7) is 0. The molecule has 0 atom stereocenters. The van der Waals surface area contributed by atoms with Crippen LogP contribution in [0.15, 0.2) is 168 Å². The van der Waals surface area contributed by atoms with Gasteiger partial charge in [0, 0.05) is 32.5 Å². The number of hydrogen-bond donors (Lipinski definition) is 0. The SMILES string of the molecule is c1ccc(-c2nc(-c3cccc4c3oc3cccc(-n5c6ccccc6c6ccccc65)c34)nc(-n3c4ccccc4c4ccccc43)n2)cc1. The molecule has 0 unspecified atom stereocenters. The van der Waals surface area contributed by atoms with Crippen molar-refractivity contribution in [2.75, 3.05) is 0 Å². The van der Waals surface area contributed by atoms with Crippen molar-refractivity contribution in [3.05, 3.63) is 164 Å². The first-order valence-corrected chi connectivity index (χ1v) is 17.0. The van der Waals surface area contributed by atoms with Crippen LogP contribution in [0.1, 0.15) is 0 Å². The summed E-state index contributed by atoms with van der Waals surface area (Å²) in [5.74, 6) is 1.69. The van der Waals surface area contributed by atoms with Crippen LogP contribution in [0.2, 0.25) is 0 Å². The number of hydrogen-bond acceptors (Lipinski definition) is 4. The fourth-order valence-corrected chi connectivity index (χ4v) is 7.81. The molecule has 4 aromatic heterocycles. The summed E-state index contributed by atoms with van der Waals surface area (Å²) in [5, 5.41) is 6.77. The summed E-state index contributed by atoms with van der Waals surface area (Å²) in [5.41, 5.74) is 8.69. The summed E-state index contributed by atoms with van der Waals surface area (Å²) in [6, 6.07) is 56.6. The summed E-state index contributed by atoms with van der Waals surface area (Å²) < 4.78 is 11.3. The van der Waals surface area contributed by atoms with Crippen molar-refractivity contribution >= 4 is 65.6 Å². The second-order valence-electron chi connectivity index (χ2n) is 12.8. The number of fused-ring (bicyclic) bond motifs is 9. The molecule has 0 fully saturated rings. The van der Waals surface area contributed by atoms with Gasteiger partial charge in [-0.3, -0.25) is 4.57 Å². The zero-order valence-electron chi connectivity index (χ0n) is 27.2. The van der Waals surface area contributed by atoms with E-state index in [2.05, 4.69) is 130 Å². The molecule has 0 radical (unpaired) electrons. The maximum absolute atomic E-state index is 6.80. The highest BCUT2D eigenvalue weighted by Gasteiger charge is 2.22. The summed E-state index contributed by atoms with van der Waals surface area (Å²) in [6.07, 6.45) is 0. The Kier molecular flexibility index (Phi) is 5.86. The molecule has 0 saturated heterocycles. The number of furan rings is 1. The summed E-state index contributed by atoms with van der Waals surface area (Å²) >= 11 is 0. The third kappa shape index (κ3) is 4.07. The molecule has 4 heterocycles. The van der Waals surface area contributed by atoms with E-state index in [9.17, 15) is 0 Å². The van der Waals surface area contributed by atoms with Crippen molar-refractivity contribution in [1.29, 1.82) is 0 Å². The third-order valence-electron chi connectivity index (χ3n) is 10.00. The predicted octanol–water partition coefficient (Wildman–Crippen LogP) is 11.3. The van der Waals surface area contributed by atoms with Gasteiger partial charge in [0.1, 0.15) is 11.2 Å². The molecular formula is C45H27N5O. The Balaban J connectivity index is 1.20. The average Bonchev–Trinajstić information content (AvgIpc) is 3.86. The van der Waals surface area contributed by atoms with Gasteiger partial charge in [-0.05, 0) is 42.5 Å². The Morgan fingerprint density at radius 2 is 0.902 bits per heavy atom. The Morgan fingerprint density at radius 3 is 1.53 bits per heavy atom. The maximum Gasteiger partial charge on any atom is 0.238 e. The molecule has 0 aliphatic rings. The number of aromatic nitrogens is 5. The molecule has 51 heavy (non-hydrogen) atoms. The quantitative estimate of drug-likeness (QED) is 0.190. The fraction of sp³-hybridized carbons (Fsp3) is 0. The van der Waals surface area contributed by atoms with Crippen LogP contribution in [-0.2, 0) is 0 Å². The van der Waals surface area contributed by atoms with Crippen molar-refractivity contribution in [1.82, 2.24) is 24.1 Å². The van der Waals surface area contributed by atoms with Crippen LogP contribution in [0, 0.1) is 0 Å². The van der Waals surface area contributed by atoms with Crippen molar-refractivity contribution in [2.45, 2.75) is 0 Å². The zero-order valence-corrected chi connectivity index (χ0v) is 27.2. The lowest BCUT2D eigenvalue weighted by Crippen LogP contribution is -2.06. The first-order valence-electron chi connectivity index (χ1n) is 17.0. The van der Waals surface area contributed by atoms with E-state index in [0.29, 0.717) is 17.6 Å². The molecule has 0 amide bonds. The van der Waals surface area contributed by atoms with Gasteiger partial charge in [0.2, 0.25) is 5.95 Å². The minimum Gasteiger partial charge on any atom is -0.455 e. The molecule has 0 aliphatic carbocycles. The van der Waals surface area contributed by atoms with Crippen molar-refractivity contribution < 1.29 is 4.42 Å². The number of nitrogens with zero attached hydrogens (tertiary/aromatic N) is 5. The van der Waals surface area contributed by atoms with Crippen molar-refractivity contribution in [2.24, 2.45) is 0 Å². The minimum absolute atomic E-state index is 0.545. The van der Waals surface area contributed by atoms with E-state index < -0.39 is 0 Å². The van der Waals surface area contributed by atoms with Crippen molar-refractivity contribution in [3.8, 4) is 34.4 Å². The molecule has 0 spiro atoms. The van der Waals surface area contributed by atoms with Crippen LogP contribution >= 0.6 is 0 Å². The molecule has 0 saturated carbocycles. The lowest BCUT2D eigenvalue weighted by Gasteiger charge is -2.11. The molecule has 0 bridgehead atoms. The maximum atomic E-state index is 6.80. The van der Waals surface area contributed by atoms with Gasteiger partial charge in [0.05, 0.1) is 38.7 Å². The Morgan fingerprint density at radius 1 is 0.392 bits per heavy atom. The molecular weight excluding hydrogens is 627 g/mol. The second kappa shape index (κ2) is 10.7. The van der Waals surface area contributed by atoms with Gasteiger partial charge in [-0.15, -0.1) is 0 Å². The Hall–Kier alpha value is -7.05.